The third-order valence-corrected chi connectivity index (χ3v) is 9.43. The fourth-order valence-electron chi connectivity index (χ4n) is 4.08. The maximum Gasteiger partial charge on any atom is 0.367 e. The molecule has 0 saturated heterocycles. The second-order valence-electron chi connectivity index (χ2n) is 9.62. The average molecular weight is 610 g/mol. The molecule has 0 fully saturated rings. The minimum Gasteiger partial charge on any atom is -0.493 e. The summed E-state index contributed by atoms with van der Waals surface area (Å²) in [6.45, 7) is 7.06. The van der Waals surface area contributed by atoms with Gasteiger partial charge in [-0.15, -0.1) is 0 Å². The highest BCUT2D eigenvalue weighted by atomic mass is 32.2. The van der Waals surface area contributed by atoms with Crippen molar-refractivity contribution >= 4 is 31.3 Å². The van der Waals surface area contributed by atoms with Crippen LogP contribution in [0.25, 0.3) is 0 Å². The molecule has 0 aromatic heterocycles. The van der Waals surface area contributed by atoms with E-state index in [9.17, 15) is 22.9 Å². The second kappa shape index (κ2) is 16.3. The molecule has 0 spiro atoms. The molecule has 0 unspecified atom stereocenters. The molecule has 41 heavy (non-hydrogen) atoms. The Balaban J connectivity index is 2.38. The van der Waals surface area contributed by atoms with E-state index < -0.39 is 41.9 Å². The molecule has 0 bridgehead atoms. The lowest BCUT2D eigenvalue weighted by molar-refractivity contribution is 0.106. The fourth-order valence-corrected chi connectivity index (χ4v) is 7.03. The zero-order chi connectivity index (χ0) is 30.6. The number of hydrogen-bond donors (Lipinski definition) is 2. The Labute approximate surface area is 244 Å². The van der Waals surface area contributed by atoms with Crippen molar-refractivity contribution in [1.29, 1.82) is 0 Å². The summed E-state index contributed by atoms with van der Waals surface area (Å²) in [6.07, 6.45) is -1.50. The number of carbonyl (C=O) groups excluding carboxylic acids is 1. The normalized spacial score (nSPS) is 13.7. The zero-order valence-electron chi connectivity index (χ0n) is 24.2. The Kier molecular flexibility index (Phi) is 13.8. The van der Waals surface area contributed by atoms with Gasteiger partial charge in [-0.3, -0.25) is 9.36 Å². The Hall–Kier alpha value is -2.41. The van der Waals surface area contributed by atoms with Crippen molar-refractivity contribution < 1.29 is 41.4 Å². The Morgan fingerprint density at radius 3 is 2.22 bits per heavy atom. The van der Waals surface area contributed by atoms with E-state index in [1.807, 2.05) is 44.2 Å². The van der Waals surface area contributed by atoms with Gasteiger partial charge in [-0.05, 0) is 43.9 Å². The summed E-state index contributed by atoms with van der Waals surface area (Å²) in [5, 5.41) is 13.7. The highest BCUT2D eigenvalue weighted by Gasteiger charge is 2.32. The molecule has 2 radical (unpaired) electrons. The van der Waals surface area contributed by atoms with Crippen LogP contribution < -0.4 is 14.8 Å². The van der Waals surface area contributed by atoms with Crippen LogP contribution in [0.4, 0.5) is 4.79 Å². The van der Waals surface area contributed by atoms with E-state index in [1.54, 1.807) is 13.8 Å². The molecule has 2 aromatic rings. The number of aliphatic hydroxyl groups excluding tert-OH is 1. The summed E-state index contributed by atoms with van der Waals surface area (Å²) in [4.78, 5) is 11.6. The van der Waals surface area contributed by atoms with Crippen LogP contribution in [-0.4, -0.2) is 83.4 Å². The maximum absolute atomic E-state index is 13.9. The van der Waals surface area contributed by atoms with E-state index in [0.717, 1.165) is 9.87 Å². The second-order valence-corrected chi connectivity index (χ2v) is 13.6. The number of rotatable bonds is 18. The molecule has 2 N–H and O–H groups in total. The first kappa shape index (κ1) is 34.8. The summed E-state index contributed by atoms with van der Waals surface area (Å²) in [6, 6.07) is 12.3. The molecule has 0 aliphatic rings. The lowest BCUT2D eigenvalue weighted by Crippen LogP contribution is -2.50. The summed E-state index contributed by atoms with van der Waals surface area (Å²) in [5.74, 6) is -0.689. The molecule has 0 heterocycles. The fraction of sp³-hybridized carbons (Fsp3) is 0.519. The van der Waals surface area contributed by atoms with E-state index in [2.05, 4.69) is 5.32 Å². The topological polar surface area (TPSA) is 141 Å². The van der Waals surface area contributed by atoms with Crippen molar-refractivity contribution in [2.75, 3.05) is 39.8 Å². The molecule has 0 aliphatic heterocycles. The summed E-state index contributed by atoms with van der Waals surface area (Å²) < 4.78 is 63.3. The lowest BCUT2D eigenvalue weighted by atomic mass is 9.99. The van der Waals surface area contributed by atoms with Crippen molar-refractivity contribution in [3.8, 4) is 11.5 Å². The number of benzene rings is 2. The first-order valence-electron chi connectivity index (χ1n) is 13.3. The third-order valence-electron chi connectivity index (χ3n) is 5.85. The van der Waals surface area contributed by atoms with E-state index in [0.29, 0.717) is 0 Å². The average Bonchev–Trinajstić information content (AvgIpc) is 2.91. The van der Waals surface area contributed by atoms with Crippen LogP contribution in [0.2, 0.25) is 0 Å². The van der Waals surface area contributed by atoms with Gasteiger partial charge in [0.2, 0.25) is 17.9 Å². The number of nitrogens with one attached hydrogen (secondary N) is 1. The molecule has 2 atom stereocenters. The first-order chi connectivity index (χ1) is 19.3. The number of sulfonamides is 1. The quantitative estimate of drug-likeness (QED) is 0.191. The van der Waals surface area contributed by atoms with Gasteiger partial charge in [0.15, 0.2) is 23.7 Å². The minimum absolute atomic E-state index is 0.0237. The molecule has 0 saturated carbocycles. The predicted octanol–water partition coefficient (Wildman–Crippen LogP) is 3.79. The summed E-state index contributed by atoms with van der Waals surface area (Å²) >= 11 is 0. The van der Waals surface area contributed by atoms with Crippen molar-refractivity contribution in [2.24, 2.45) is 5.92 Å². The van der Waals surface area contributed by atoms with Crippen molar-refractivity contribution in [3.63, 3.8) is 0 Å². The lowest BCUT2D eigenvalue weighted by Gasteiger charge is -2.31. The number of aliphatic hydroxyl groups is 1. The molecule has 2 rings (SSSR count). The maximum atomic E-state index is 13.9. The number of methoxy groups -OCH3 is 1. The Morgan fingerprint density at radius 1 is 1.05 bits per heavy atom. The molecular formula is C27H40BN2O9PS. The van der Waals surface area contributed by atoms with Gasteiger partial charge >= 0.3 is 7.60 Å². The molecule has 14 heteroatoms. The molecule has 2 aromatic carbocycles. The van der Waals surface area contributed by atoms with Gasteiger partial charge < -0.3 is 28.9 Å². The van der Waals surface area contributed by atoms with Crippen LogP contribution in [0, 0.1) is 5.92 Å². The van der Waals surface area contributed by atoms with Gasteiger partial charge in [0, 0.05) is 19.2 Å². The minimum atomic E-state index is -4.19. The SMILES string of the molecule is [B]C(=O)N[C@@H](Cc1ccccc1)[C@H](O)CN(CC(C)C)S(=O)(=O)c1ccc(OC)c(OCP(=O)(OCC)OCC)c1. The standard InChI is InChI=1S/C27H40BN2O9PS/c1-6-38-40(33,39-7-2)19-37-26-16-22(13-14-25(26)36-5)41(34,35)30(17-20(3)4)18-24(31)23(29-27(28)32)15-21-11-9-8-10-12-21/h8-14,16,20,23-24,31H,6-7,15,17-19H2,1-5H3,(H,29,32)/t23-,24+/m0/s1. The third kappa shape index (κ3) is 10.7. The zero-order valence-corrected chi connectivity index (χ0v) is 25.9. The van der Waals surface area contributed by atoms with Gasteiger partial charge in [0.25, 0.3) is 0 Å². The molecule has 11 nitrogen and oxygen atoms in total. The summed E-state index contributed by atoms with van der Waals surface area (Å²) in [7, 11) is -1.03. The van der Waals surface area contributed by atoms with E-state index in [-0.39, 0.29) is 55.0 Å². The van der Waals surface area contributed by atoms with E-state index in [4.69, 9.17) is 26.4 Å². The molecular weight excluding hydrogens is 570 g/mol. The largest absolute Gasteiger partial charge is 0.493 e. The van der Waals surface area contributed by atoms with Crippen molar-refractivity contribution in [3.05, 3.63) is 54.1 Å². The first-order valence-corrected chi connectivity index (χ1v) is 16.5. The number of hydrogen-bond acceptors (Lipinski definition) is 9. The number of ether oxygens (including phenoxy) is 2. The number of carbonyl (C=O) groups is 1. The van der Waals surface area contributed by atoms with E-state index >= 15 is 0 Å². The van der Waals surface area contributed by atoms with Crippen molar-refractivity contribution in [1.82, 2.24) is 9.62 Å². The van der Waals surface area contributed by atoms with Gasteiger partial charge in [-0.25, -0.2) is 8.42 Å². The van der Waals surface area contributed by atoms with Crippen LogP contribution in [0.15, 0.2) is 53.4 Å². The predicted molar refractivity (Wildman–Crippen MR) is 157 cm³/mol. The highest BCUT2D eigenvalue weighted by molar-refractivity contribution is 7.89. The molecule has 0 aliphatic carbocycles. The number of amides is 1. The van der Waals surface area contributed by atoms with Crippen LogP contribution in [0.3, 0.4) is 0 Å². The smallest absolute Gasteiger partial charge is 0.367 e. The highest BCUT2D eigenvalue weighted by Crippen LogP contribution is 2.48. The Bertz CT molecular complexity index is 1250. The van der Waals surface area contributed by atoms with Gasteiger partial charge in [0.05, 0.1) is 37.4 Å². The van der Waals surface area contributed by atoms with Crippen LogP contribution in [-0.2, 0) is 30.1 Å². The molecule has 1 amide bonds. The molecule has 226 valence electrons. The van der Waals surface area contributed by atoms with Gasteiger partial charge in [-0.2, -0.15) is 4.31 Å². The Morgan fingerprint density at radius 2 is 1.68 bits per heavy atom. The van der Waals surface area contributed by atoms with Crippen LogP contribution in [0.1, 0.15) is 33.3 Å². The number of nitrogens with zero attached hydrogens (tertiary/aromatic N) is 1. The van der Waals surface area contributed by atoms with Crippen molar-refractivity contribution in [2.45, 2.75) is 51.2 Å². The van der Waals surface area contributed by atoms with E-state index in [1.165, 1.54) is 25.3 Å². The van der Waals surface area contributed by atoms with Crippen LogP contribution in [0.5, 0.6) is 11.5 Å². The van der Waals surface area contributed by atoms with Gasteiger partial charge in [0.1, 0.15) is 0 Å². The van der Waals surface area contributed by atoms with Crippen LogP contribution >= 0.6 is 7.60 Å². The van der Waals surface area contributed by atoms with Gasteiger partial charge in [-0.1, -0.05) is 44.2 Å². The monoisotopic (exact) mass is 610 g/mol. The summed E-state index contributed by atoms with van der Waals surface area (Å²) in [5.41, 5.74) is 0.830.